The van der Waals surface area contributed by atoms with E-state index in [1.807, 2.05) is 0 Å². The molecular weight excluding hydrogens is 665 g/mol. The van der Waals surface area contributed by atoms with Gasteiger partial charge in [0.1, 0.15) is 11.3 Å². The van der Waals surface area contributed by atoms with Crippen LogP contribution in [-0.2, 0) is 29.6 Å². The number of hydrogen-bond donors (Lipinski definition) is 5. The van der Waals surface area contributed by atoms with Gasteiger partial charge >= 0.3 is 0 Å². The Morgan fingerprint density at radius 1 is 0.783 bits per heavy atom. The highest BCUT2D eigenvalue weighted by Crippen LogP contribution is 2.48. The van der Waals surface area contributed by atoms with E-state index < -0.39 is 66.1 Å². The number of nitrogens with zero attached hydrogens (tertiary/aromatic N) is 5. The molecular formula is C27H44N6O10S3. The van der Waals surface area contributed by atoms with Crippen LogP contribution in [0.2, 0.25) is 0 Å². The Morgan fingerprint density at radius 3 is 2.09 bits per heavy atom. The summed E-state index contributed by atoms with van der Waals surface area (Å²) in [6, 6.07) is -2.13. The van der Waals surface area contributed by atoms with Crippen molar-refractivity contribution in [1.29, 1.82) is 0 Å². The first-order valence-electron chi connectivity index (χ1n) is 16.0. The maximum Gasteiger partial charge on any atom is 0.269 e. The van der Waals surface area contributed by atoms with Crippen LogP contribution in [0.5, 0.6) is 0 Å². The molecule has 12 unspecified atom stereocenters. The third-order valence-corrected chi connectivity index (χ3v) is 14.5. The van der Waals surface area contributed by atoms with E-state index in [0.717, 1.165) is 37.7 Å². The second-order valence-electron chi connectivity index (χ2n) is 13.6. The van der Waals surface area contributed by atoms with Crippen LogP contribution in [0.3, 0.4) is 0 Å². The fourth-order valence-corrected chi connectivity index (χ4v) is 11.4. The normalized spacial score (nSPS) is 44.0. The van der Waals surface area contributed by atoms with Gasteiger partial charge in [-0.3, -0.25) is 9.11 Å². The van der Waals surface area contributed by atoms with E-state index in [-0.39, 0.29) is 55.1 Å². The van der Waals surface area contributed by atoms with Crippen LogP contribution in [-0.4, -0.2) is 94.4 Å². The van der Waals surface area contributed by atoms with Crippen molar-refractivity contribution >= 4 is 32.3 Å². The largest absolute Gasteiger partial charge is 0.390 e. The quantitative estimate of drug-likeness (QED) is 0.0577. The monoisotopic (exact) mass is 708 g/mol. The van der Waals surface area contributed by atoms with Crippen LogP contribution in [0.15, 0.2) is 20.5 Å². The lowest BCUT2D eigenvalue weighted by atomic mass is 9.66. The summed E-state index contributed by atoms with van der Waals surface area (Å²) in [5.74, 6) is -1.03. The summed E-state index contributed by atoms with van der Waals surface area (Å²) in [6.45, 7) is 7.26. The van der Waals surface area contributed by atoms with Crippen LogP contribution in [0.4, 0.5) is 0 Å². The molecule has 260 valence electrons. The zero-order chi connectivity index (χ0) is 33.2. The van der Waals surface area contributed by atoms with Gasteiger partial charge in [0.2, 0.25) is 6.04 Å². The van der Waals surface area contributed by atoms with E-state index in [1.165, 1.54) is 0 Å². The first-order valence-corrected chi connectivity index (χ1v) is 19.8. The molecule has 16 nitrogen and oxygen atoms in total. The number of nitrogens with two attached hydrogens (primary N) is 1. The first-order chi connectivity index (χ1) is 21.8. The molecule has 0 amide bonds. The van der Waals surface area contributed by atoms with Crippen molar-refractivity contribution in [2.75, 3.05) is 0 Å². The standard InChI is InChI=1S/C27H44N6O10S3/c1-29-15-2-4-16(5-3-15)30-31-22-8-9-23(20-12-17(45(36,37)38)6-7-18(20)22)32-33-26-24(44-43-42-35)10-14-11-25(46(39,40)41)21(28)13-19(14)27(26)34/h14-27,34-35H,2-13,28H2,(H,36,37,38)(H,39,40,41). The van der Waals surface area contributed by atoms with Crippen molar-refractivity contribution in [3.8, 4) is 0 Å². The number of rotatable bonds is 9. The lowest BCUT2D eigenvalue weighted by Gasteiger charge is -2.48. The van der Waals surface area contributed by atoms with Crippen molar-refractivity contribution < 1.29 is 45.7 Å². The van der Waals surface area contributed by atoms with Crippen molar-refractivity contribution in [3.63, 3.8) is 0 Å². The van der Waals surface area contributed by atoms with E-state index in [9.17, 15) is 31.0 Å². The summed E-state index contributed by atoms with van der Waals surface area (Å²) in [5, 5.41) is 40.0. The highest BCUT2D eigenvalue weighted by atomic mass is 32.2. The maximum atomic E-state index is 12.2. The fourth-order valence-electron chi connectivity index (χ4n) is 8.64. The predicted octanol–water partition coefficient (Wildman–Crippen LogP) is 3.51. The summed E-state index contributed by atoms with van der Waals surface area (Å²) in [6.07, 6.45) is 4.88. The van der Waals surface area contributed by atoms with Crippen LogP contribution < -0.4 is 5.73 Å². The minimum Gasteiger partial charge on any atom is -0.390 e. The van der Waals surface area contributed by atoms with Crippen LogP contribution in [0, 0.1) is 30.2 Å². The Hall–Kier alpha value is -1.34. The molecule has 0 aromatic carbocycles. The minimum absolute atomic E-state index is 0.0234. The molecule has 12 atom stereocenters. The molecule has 5 fully saturated rings. The van der Waals surface area contributed by atoms with Gasteiger partial charge < -0.3 is 15.7 Å². The zero-order valence-electron chi connectivity index (χ0n) is 25.3. The summed E-state index contributed by atoms with van der Waals surface area (Å²) < 4.78 is 72.5. The maximum absolute atomic E-state index is 12.2. The molecule has 0 bridgehead atoms. The summed E-state index contributed by atoms with van der Waals surface area (Å²) in [4.78, 5) is 3.64. The molecule has 0 saturated heterocycles. The van der Waals surface area contributed by atoms with E-state index in [1.54, 1.807) is 0 Å². The highest BCUT2D eigenvalue weighted by molar-refractivity contribution is 7.95. The van der Waals surface area contributed by atoms with Gasteiger partial charge in [0.25, 0.3) is 20.2 Å². The van der Waals surface area contributed by atoms with E-state index >= 15 is 0 Å². The lowest BCUT2D eigenvalue weighted by molar-refractivity contribution is -0.432. The third-order valence-electron chi connectivity index (χ3n) is 11.1. The lowest BCUT2D eigenvalue weighted by Crippen LogP contribution is -2.57. The molecule has 0 aliphatic heterocycles. The molecule has 0 radical (unpaired) electrons. The smallest absolute Gasteiger partial charge is 0.269 e. The average molecular weight is 709 g/mol. The van der Waals surface area contributed by atoms with Gasteiger partial charge in [-0.05, 0) is 87.9 Å². The Balaban J connectivity index is 1.33. The Kier molecular flexibility index (Phi) is 11.8. The average Bonchev–Trinajstić information content (AvgIpc) is 3.01. The topological polar surface area (TPSA) is 247 Å². The van der Waals surface area contributed by atoms with Crippen LogP contribution >= 0.6 is 12.0 Å². The number of fused-ring (bicyclic) bond motifs is 2. The summed E-state index contributed by atoms with van der Waals surface area (Å²) >= 11 is 0.724. The second-order valence-corrected chi connectivity index (χ2v) is 17.9. The second kappa shape index (κ2) is 15.0. The molecule has 0 heterocycles. The molecule has 0 spiro atoms. The molecule has 19 heteroatoms. The molecule has 46 heavy (non-hydrogen) atoms. The van der Waals surface area contributed by atoms with Gasteiger partial charge in [-0.25, -0.2) is 11.8 Å². The molecule has 0 aromatic heterocycles. The summed E-state index contributed by atoms with van der Waals surface area (Å²) in [5.41, 5.74) is 6.12. The molecule has 6 N–H and O–H groups in total. The van der Waals surface area contributed by atoms with Gasteiger partial charge in [0.05, 0.1) is 34.7 Å². The van der Waals surface area contributed by atoms with Crippen molar-refractivity contribution in [2.45, 2.75) is 135 Å². The Labute approximate surface area is 273 Å². The van der Waals surface area contributed by atoms with Gasteiger partial charge in [0, 0.05) is 30.9 Å². The molecule has 5 saturated carbocycles. The number of aliphatic hydroxyl groups is 1. The van der Waals surface area contributed by atoms with Gasteiger partial charge in [0.15, 0.2) is 0 Å². The van der Waals surface area contributed by atoms with Crippen LogP contribution in [0.25, 0.3) is 4.85 Å². The van der Waals surface area contributed by atoms with Crippen molar-refractivity contribution in [2.24, 2.45) is 49.9 Å². The Morgan fingerprint density at radius 2 is 1.46 bits per heavy atom. The number of azo groups is 2. The zero-order valence-corrected chi connectivity index (χ0v) is 27.8. The Bertz CT molecular complexity index is 1370. The van der Waals surface area contributed by atoms with E-state index in [4.69, 9.17) is 27.0 Å². The molecule has 5 aliphatic carbocycles. The predicted molar refractivity (Wildman–Crippen MR) is 165 cm³/mol. The van der Waals surface area contributed by atoms with Gasteiger partial charge in [-0.2, -0.15) is 37.3 Å². The SMILES string of the molecule is [C-]#[N+]C1CCC(N=NC2CCC(N=NC3C(SOOO)CC4CC(S(=O)(=O)O)C(N)CC4C3O)C3CC(S(=O)(=O)O)CCC23)CC1. The molecule has 0 aromatic rings. The third kappa shape index (κ3) is 8.26. The molecule has 5 aliphatic rings. The first kappa shape index (κ1) is 36.0. The summed E-state index contributed by atoms with van der Waals surface area (Å²) in [7, 11) is -8.67. The van der Waals surface area contributed by atoms with Gasteiger partial charge in [-0.1, -0.05) is 5.04 Å². The van der Waals surface area contributed by atoms with Crippen molar-refractivity contribution in [3.05, 3.63) is 11.4 Å². The number of hydrogen-bond acceptors (Lipinski definition) is 14. The van der Waals surface area contributed by atoms with Gasteiger partial charge in [-0.15, -0.1) is 4.33 Å². The van der Waals surface area contributed by atoms with Crippen molar-refractivity contribution in [1.82, 2.24) is 0 Å². The minimum atomic E-state index is -4.40. The number of aliphatic hydroxyl groups excluding tert-OH is 1. The fraction of sp³-hybridized carbons (Fsp3) is 0.963. The highest BCUT2D eigenvalue weighted by Gasteiger charge is 2.52. The molecule has 5 rings (SSSR count). The van der Waals surface area contributed by atoms with E-state index in [2.05, 4.69) is 25.2 Å². The van der Waals surface area contributed by atoms with Crippen LogP contribution in [0.1, 0.15) is 77.0 Å². The van der Waals surface area contributed by atoms with E-state index in [0.29, 0.717) is 32.1 Å².